The number of nitrogens with one attached hydrogen (secondary N) is 1. The van der Waals surface area contributed by atoms with Gasteiger partial charge in [-0.25, -0.2) is 0 Å². The van der Waals surface area contributed by atoms with E-state index in [0.29, 0.717) is 0 Å². The Morgan fingerprint density at radius 3 is 2.93 bits per heavy atom. The first-order valence-corrected chi connectivity index (χ1v) is 4.70. The van der Waals surface area contributed by atoms with Crippen LogP contribution in [0.15, 0.2) is 35.4 Å². The Kier molecular flexibility index (Phi) is 4.30. The highest BCUT2D eigenvalue weighted by Crippen LogP contribution is 2.07. The lowest BCUT2D eigenvalue weighted by Crippen LogP contribution is -2.23. The molecule has 5 heteroatoms. The summed E-state index contributed by atoms with van der Waals surface area (Å²) in [6.45, 7) is 0. The zero-order chi connectivity index (χ0) is 11.1. The van der Waals surface area contributed by atoms with Gasteiger partial charge < -0.3 is 11.5 Å². The van der Waals surface area contributed by atoms with Crippen molar-refractivity contribution in [3.05, 3.63) is 35.9 Å². The van der Waals surface area contributed by atoms with Gasteiger partial charge in [0.2, 0.25) is 0 Å². The summed E-state index contributed by atoms with van der Waals surface area (Å²) in [5, 5.41) is 3.89. The molecule has 0 amide bonds. The van der Waals surface area contributed by atoms with Gasteiger partial charge in [-0.1, -0.05) is 18.2 Å². The van der Waals surface area contributed by atoms with Crippen molar-refractivity contribution in [3.63, 3.8) is 0 Å². The molecule has 1 aromatic carbocycles. The Labute approximate surface area is 93.7 Å². The van der Waals surface area contributed by atoms with Crippen LogP contribution in [-0.4, -0.2) is 11.3 Å². The van der Waals surface area contributed by atoms with Gasteiger partial charge in [-0.3, -0.25) is 5.43 Å². The lowest BCUT2D eigenvalue weighted by atomic mass is 10.2. The molecule has 0 unspecified atom stereocenters. The van der Waals surface area contributed by atoms with E-state index in [2.05, 4.69) is 22.7 Å². The molecule has 0 fully saturated rings. The monoisotopic (exact) mass is 220 g/mol. The molecule has 1 rings (SSSR count). The molecule has 0 aliphatic carbocycles. The van der Waals surface area contributed by atoms with Gasteiger partial charge in [0, 0.05) is 11.9 Å². The van der Waals surface area contributed by atoms with E-state index in [4.69, 9.17) is 11.5 Å². The Hall–Kier alpha value is -1.88. The van der Waals surface area contributed by atoms with Gasteiger partial charge in [-0.2, -0.15) is 5.10 Å². The first-order valence-electron chi connectivity index (χ1n) is 4.29. The molecule has 0 aliphatic rings. The van der Waals surface area contributed by atoms with Gasteiger partial charge in [0.15, 0.2) is 5.11 Å². The maximum Gasteiger partial charge on any atom is 0.184 e. The van der Waals surface area contributed by atoms with Gasteiger partial charge >= 0.3 is 0 Å². The fraction of sp³-hybridized carbons (Fsp3) is 0. The van der Waals surface area contributed by atoms with Crippen molar-refractivity contribution in [3.8, 4) is 0 Å². The molecule has 15 heavy (non-hydrogen) atoms. The highest BCUT2D eigenvalue weighted by atomic mass is 32.1. The van der Waals surface area contributed by atoms with Crippen molar-refractivity contribution in [1.29, 1.82) is 0 Å². The number of thiocarbonyl (C=S) groups is 1. The van der Waals surface area contributed by atoms with E-state index >= 15 is 0 Å². The van der Waals surface area contributed by atoms with Crippen molar-refractivity contribution >= 4 is 35.3 Å². The summed E-state index contributed by atoms with van der Waals surface area (Å²) in [5.41, 5.74) is 15.0. The second-order valence-electron chi connectivity index (χ2n) is 2.78. The zero-order valence-corrected chi connectivity index (χ0v) is 8.87. The van der Waals surface area contributed by atoms with Crippen LogP contribution in [0.3, 0.4) is 0 Å². The summed E-state index contributed by atoms with van der Waals surface area (Å²) in [5.74, 6) is 0. The van der Waals surface area contributed by atoms with E-state index in [-0.39, 0.29) is 5.11 Å². The number of benzene rings is 1. The Morgan fingerprint density at radius 1 is 1.47 bits per heavy atom. The zero-order valence-electron chi connectivity index (χ0n) is 8.05. The van der Waals surface area contributed by atoms with Crippen LogP contribution in [-0.2, 0) is 0 Å². The summed E-state index contributed by atoms with van der Waals surface area (Å²) < 4.78 is 0. The van der Waals surface area contributed by atoms with E-state index in [1.165, 1.54) is 0 Å². The predicted molar refractivity (Wildman–Crippen MR) is 68.3 cm³/mol. The quantitative estimate of drug-likeness (QED) is 0.308. The van der Waals surface area contributed by atoms with E-state index in [1.807, 2.05) is 30.3 Å². The first kappa shape index (κ1) is 11.2. The summed E-state index contributed by atoms with van der Waals surface area (Å²) in [6, 6.07) is 7.53. The van der Waals surface area contributed by atoms with E-state index in [0.717, 1.165) is 11.3 Å². The van der Waals surface area contributed by atoms with Crippen molar-refractivity contribution in [2.24, 2.45) is 10.8 Å². The van der Waals surface area contributed by atoms with Gasteiger partial charge in [0.1, 0.15) is 0 Å². The standard InChI is InChI=1S/C10H12N4S/c11-9-5-1-3-8(7-9)4-2-6-13-14-10(12)15/h1-7H,11H2,(H3,12,14,15)/b4-2+,13-6?. The number of nitrogen functional groups attached to an aromatic ring is 1. The summed E-state index contributed by atoms with van der Waals surface area (Å²) in [7, 11) is 0. The smallest absolute Gasteiger partial charge is 0.184 e. The number of rotatable bonds is 3. The van der Waals surface area contributed by atoms with Crippen molar-refractivity contribution in [2.45, 2.75) is 0 Å². The maximum atomic E-state index is 5.62. The number of hydrogen-bond donors (Lipinski definition) is 3. The molecule has 0 bridgehead atoms. The van der Waals surface area contributed by atoms with Crippen LogP contribution in [0.5, 0.6) is 0 Å². The minimum absolute atomic E-state index is 0.142. The van der Waals surface area contributed by atoms with Gasteiger partial charge in [-0.15, -0.1) is 0 Å². The summed E-state index contributed by atoms with van der Waals surface area (Å²) in [6.07, 6.45) is 5.20. The lowest BCUT2D eigenvalue weighted by molar-refractivity contribution is 1.04. The molecule has 0 saturated carbocycles. The second-order valence-corrected chi connectivity index (χ2v) is 3.22. The minimum atomic E-state index is 0.142. The molecular weight excluding hydrogens is 208 g/mol. The first-order chi connectivity index (χ1) is 7.18. The summed E-state index contributed by atoms with van der Waals surface area (Å²) in [4.78, 5) is 0. The molecule has 4 nitrogen and oxygen atoms in total. The number of hydrogen-bond acceptors (Lipinski definition) is 3. The fourth-order valence-corrected chi connectivity index (χ4v) is 1.01. The van der Waals surface area contributed by atoms with Crippen LogP contribution in [0.2, 0.25) is 0 Å². The molecule has 0 aliphatic heterocycles. The molecule has 0 atom stereocenters. The van der Waals surface area contributed by atoms with Crippen LogP contribution in [0, 0.1) is 0 Å². The molecule has 0 heterocycles. The predicted octanol–water partition coefficient (Wildman–Crippen LogP) is 1.10. The molecule has 0 radical (unpaired) electrons. The van der Waals surface area contributed by atoms with Gasteiger partial charge in [0.25, 0.3) is 0 Å². The minimum Gasteiger partial charge on any atom is -0.399 e. The highest BCUT2D eigenvalue weighted by molar-refractivity contribution is 7.80. The maximum absolute atomic E-state index is 5.62. The third-order valence-electron chi connectivity index (χ3n) is 1.53. The third-order valence-corrected chi connectivity index (χ3v) is 1.63. The van der Waals surface area contributed by atoms with Crippen molar-refractivity contribution in [2.75, 3.05) is 5.73 Å². The topological polar surface area (TPSA) is 76.4 Å². The van der Waals surface area contributed by atoms with Gasteiger partial charge in [-0.05, 0) is 36.0 Å². The van der Waals surface area contributed by atoms with Crippen LogP contribution < -0.4 is 16.9 Å². The Bertz CT molecular complexity index is 398. The van der Waals surface area contributed by atoms with Crippen molar-refractivity contribution < 1.29 is 0 Å². The number of nitrogens with two attached hydrogens (primary N) is 2. The molecule has 0 spiro atoms. The molecular formula is C10H12N4S. The molecule has 0 aromatic heterocycles. The third kappa shape index (κ3) is 4.78. The average molecular weight is 220 g/mol. The molecule has 0 saturated heterocycles. The van der Waals surface area contributed by atoms with Crippen LogP contribution in [0.25, 0.3) is 6.08 Å². The molecule has 1 aromatic rings. The highest BCUT2D eigenvalue weighted by Gasteiger charge is 1.85. The van der Waals surface area contributed by atoms with E-state index in [9.17, 15) is 0 Å². The van der Waals surface area contributed by atoms with Crippen LogP contribution in [0.1, 0.15) is 5.56 Å². The molecule has 78 valence electrons. The number of nitrogens with zero attached hydrogens (tertiary/aromatic N) is 1. The van der Waals surface area contributed by atoms with E-state index in [1.54, 1.807) is 12.3 Å². The normalized spacial score (nSPS) is 10.9. The van der Waals surface area contributed by atoms with Crippen LogP contribution in [0.4, 0.5) is 5.69 Å². The van der Waals surface area contributed by atoms with Crippen LogP contribution >= 0.6 is 12.2 Å². The largest absolute Gasteiger partial charge is 0.399 e. The van der Waals surface area contributed by atoms with Gasteiger partial charge in [0.05, 0.1) is 0 Å². The number of hydrazone groups is 1. The SMILES string of the molecule is NC(=S)NN=C/C=C/c1cccc(N)c1. The Morgan fingerprint density at radius 2 is 2.27 bits per heavy atom. The fourth-order valence-electron chi connectivity index (χ4n) is 0.961. The average Bonchev–Trinajstić information content (AvgIpc) is 2.17. The Balaban J connectivity index is 2.51. The molecule has 5 N–H and O–H groups in total. The lowest BCUT2D eigenvalue weighted by Gasteiger charge is -1.94. The number of anilines is 1. The summed E-state index contributed by atoms with van der Waals surface area (Å²) >= 11 is 4.57. The second kappa shape index (κ2) is 5.77. The van der Waals surface area contributed by atoms with Crippen molar-refractivity contribution in [1.82, 2.24) is 5.43 Å². The van der Waals surface area contributed by atoms with E-state index < -0.39 is 0 Å². The number of allylic oxidation sites excluding steroid dienone is 1.